The molecule has 0 saturated carbocycles. The number of β-amino-alcohol motifs (C(OH)–C–C–N with tert-alkyl or cyclic N) is 1. The van der Waals surface area contributed by atoms with Gasteiger partial charge in [0.1, 0.15) is 5.15 Å². The van der Waals surface area contributed by atoms with Crippen LogP contribution in [0.4, 0.5) is 5.69 Å². The summed E-state index contributed by atoms with van der Waals surface area (Å²) in [6, 6.07) is 1.49. The van der Waals surface area contributed by atoms with Gasteiger partial charge < -0.3 is 15.7 Å². The highest BCUT2D eigenvalue weighted by Crippen LogP contribution is 2.20. The first-order valence-corrected chi connectivity index (χ1v) is 4.84. The number of nitrogens with two attached hydrogens (primary N) is 1. The summed E-state index contributed by atoms with van der Waals surface area (Å²) >= 11 is 5.78. The minimum absolute atomic E-state index is 0.135. The van der Waals surface area contributed by atoms with Crippen molar-refractivity contribution in [2.45, 2.75) is 6.10 Å². The molecule has 1 aromatic heterocycles. The molecule has 1 amide bonds. The second-order valence-electron chi connectivity index (χ2n) is 3.47. The third kappa shape index (κ3) is 1.88. The molecule has 15 heavy (non-hydrogen) atoms. The number of nitrogens with zero attached hydrogens (tertiary/aromatic N) is 2. The van der Waals surface area contributed by atoms with E-state index in [1.165, 1.54) is 17.2 Å². The summed E-state index contributed by atoms with van der Waals surface area (Å²) in [5.41, 5.74) is 6.18. The maximum Gasteiger partial charge on any atom is 0.257 e. The molecule has 2 rings (SSSR count). The van der Waals surface area contributed by atoms with Crippen LogP contribution in [0, 0.1) is 0 Å². The Bertz CT molecular complexity index is 404. The number of aliphatic hydroxyl groups excluding tert-OH is 1. The zero-order valence-electron chi connectivity index (χ0n) is 7.85. The standard InChI is InChI=1S/C9H10ClN3O2/c10-8-7(1-5(11)2-12-8)9(15)13-3-6(14)4-13/h1-2,6,14H,3-4,11H2. The highest BCUT2D eigenvalue weighted by Gasteiger charge is 2.30. The number of amides is 1. The van der Waals surface area contributed by atoms with Crippen molar-refractivity contribution in [1.82, 2.24) is 9.88 Å². The number of aromatic nitrogens is 1. The molecule has 1 aliphatic rings. The third-order valence-corrected chi connectivity index (χ3v) is 2.54. The summed E-state index contributed by atoms with van der Waals surface area (Å²) in [5, 5.41) is 9.21. The van der Waals surface area contributed by atoms with Gasteiger partial charge in [-0.2, -0.15) is 0 Å². The van der Waals surface area contributed by atoms with Crippen LogP contribution >= 0.6 is 11.6 Å². The van der Waals surface area contributed by atoms with Crippen LogP contribution in [0.25, 0.3) is 0 Å². The van der Waals surface area contributed by atoms with Gasteiger partial charge in [-0.15, -0.1) is 0 Å². The van der Waals surface area contributed by atoms with Gasteiger partial charge in [-0.1, -0.05) is 11.6 Å². The van der Waals surface area contributed by atoms with Gasteiger partial charge in [0.2, 0.25) is 0 Å². The molecule has 0 spiro atoms. The quantitative estimate of drug-likeness (QED) is 0.669. The highest BCUT2D eigenvalue weighted by atomic mass is 35.5. The number of hydrogen-bond acceptors (Lipinski definition) is 4. The van der Waals surface area contributed by atoms with E-state index in [9.17, 15) is 4.79 Å². The number of carbonyl (C=O) groups is 1. The van der Waals surface area contributed by atoms with E-state index < -0.39 is 6.10 Å². The van der Waals surface area contributed by atoms with Crippen LogP contribution in [-0.4, -0.2) is 40.1 Å². The van der Waals surface area contributed by atoms with Crippen LogP contribution < -0.4 is 5.73 Å². The maximum atomic E-state index is 11.8. The topological polar surface area (TPSA) is 79.5 Å². The first-order chi connectivity index (χ1) is 7.08. The average molecular weight is 228 g/mol. The van der Waals surface area contributed by atoms with E-state index in [-0.39, 0.29) is 16.6 Å². The number of halogens is 1. The number of aliphatic hydroxyl groups is 1. The molecule has 1 fully saturated rings. The molecule has 0 radical (unpaired) electrons. The number of carbonyl (C=O) groups excluding carboxylic acids is 1. The summed E-state index contributed by atoms with van der Waals surface area (Å²) in [6.45, 7) is 0.675. The molecule has 6 heteroatoms. The first kappa shape index (κ1) is 10.2. The van der Waals surface area contributed by atoms with Crippen molar-refractivity contribution in [3.63, 3.8) is 0 Å². The van der Waals surface area contributed by atoms with Gasteiger partial charge in [0.25, 0.3) is 5.91 Å². The van der Waals surface area contributed by atoms with E-state index in [1.807, 2.05) is 0 Å². The van der Waals surface area contributed by atoms with Gasteiger partial charge in [0.05, 0.1) is 23.6 Å². The van der Waals surface area contributed by atoms with E-state index in [2.05, 4.69) is 4.98 Å². The van der Waals surface area contributed by atoms with Crippen LogP contribution in [0.3, 0.4) is 0 Å². The molecule has 1 aliphatic heterocycles. The van der Waals surface area contributed by atoms with Crippen molar-refractivity contribution in [3.8, 4) is 0 Å². The molecule has 0 aliphatic carbocycles. The van der Waals surface area contributed by atoms with Crippen molar-refractivity contribution in [3.05, 3.63) is 23.0 Å². The van der Waals surface area contributed by atoms with E-state index in [0.29, 0.717) is 18.8 Å². The predicted molar refractivity (Wildman–Crippen MR) is 55.6 cm³/mol. The molecule has 5 nitrogen and oxygen atoms in total. The Morgan fingerprint density at radius 1 is 1.67 bits per heavy atom. The first-order valence-electron chi connectivity index (χ1n) is 4.46. The summed E-state index contributed by atoms with van der Waals surface area (Å²) < 4.78 is 0. The molecule has 0 atom stereocenters. The van der Waals surface area contributed by atoms with Crippen molar-refractivity contribution in [2.24, 2.45) is 0 Å². The van der Waals surface area contributed by atoms with E-state index in [1.54, 1.807) is 0 Å². The second-order valence-corrected chi connectivity index (χ2v) is 3.83. The molecular formula is C9H10ClN3O2. The van der Waals surface area contributed by atoms with Gasteiger partial charge in [0, 0.05) is 13.1 Å². The lowest BCUT2D eigenvalue weighted by Gasteiger charge is -2.35. The monoisotopic (exact) mass is 227 g/mol. The number of nitrogen functional groups attached to an aromatic ring is 1. The normalized spacial score (nSPS) is 16.3. The predicted octanol–water partition coefficient (Wildman–Crippen LogP) is 0.134. The Labute approximate surface area is 91.5 Å². The number of likely N-dealkylation sites (tertiary alicyclic amines) is 1. The van der Waals surface area contributed by atoms with Gasteiger partial charge in [0.15, 0.2) is 0 Å². The summed E-state index contributed by atoms with van der Waals surface area (Å²) in [4.78, 5) is 17.1. The Hall–Kier alpha value is -1.33. The minimum Gasteiger partial charge on any atom is -0.397 e. The van der Waals surface area contributed by atoms with E-state index in [4.69, 9.17) is 22.4 Å². The van der Waals surface area contributed by atoms with Gasteiger partial charge in [-0.3, -0.25) is 4.79 Å². The molecule has 2 heterocycles. The fraction of sp³-hybridized carbons (Fsp3) is 0.333. The van der Waals surface area contributed by atoms with Crippen LogP contribution in [-0.2, 0) is 0 Å². The lowest BCUT2D eigenvalue weighted by Crippen LogP contribution is -2.53. The third-order valence-electron chi connectivity index (χ3n) is 2.24. The highest BCUT2D eigenvalue weighted by molar-refractivity contribution is 6.32. The van der Waals surface area contributed by atoms with Crippen LogP contribution in [0.5, 0.6) is 0 Å². The minimum atomic E-state index is -0.429. The molecule has 0 bridgehead atoms. The summed E-state index contributed by atoms with van der Waals surface area (Å²) in [6.07, 6.45) is 0.964. The molecule has 1 saturated heterocycles. The van der Waals surface area contributed by atoms with Crippen molar-refractivity contribution < 1.29 is 9.90 Å². The molecular weight excluding hydrogens is 218 g/mol. The zero-order chi connectivity index (χ0) is 11.0. The van der Waals surface area contributed by atoms with Gasteiger partial charge in [-0.25, -0.2) is 4.98 Å². The Morgan fingerprint density at radius 3 is 2.93 bits per heavy atom. The van der Waals surface area contributed by atoms with Crippen molar-refractivity contribution in [1.29, 1.82) is 0 Å². The summed E-state index contributed by atoms with van der Waals surface area (Å²) in [5.74, 6) is -0.245. The number of anilines is 1. The Morgan fingerprint density at radius 2 is 2.33 bits per heavy atom. The molecule has 0 unspecified atom stereocenters. The van der Waals surface area contributed by atoms with Crippen molar-refractivity contribution in [2.75, 3.05) is 18.8 Å². The lowest BCUT2D eigenvalue weighted by atomic mass is 10.1. The van der Waals surface area contributed by atoms with Crippen LogP contribution in [0.2, 0.25) is 5.15 Å². The second kappa shape index (κ2) is 3.67. The smallest absolute Gasteiger partial charge is 0.257 e. The van der Waals surface area contributed by atoms with E-state index >= 15 is 0 Å². The molecule has 1 aromatic rings. The number of rotatable bonds is 1. The maximum absolute atomic E-state index is 11.8. The Balaban J connectivity index is 2.22. The summed E-state index contributed by atoms with van der Waals surface area (Å²) in [7, 11) is 0. The Kier molecular flexibility index (Phi) is 2.50. The fourth-order valence-corrected chi connectivity index (χ4v) is 1.59. The van der Waals surface area contributed by atoms with Crippen molar-refractivity contribution >= 4 is 23.2 Å². The SMILES string of the molecule is Nc1cnc(Cl)c(C(=O)N2CC(O)C2)c1. The lowest BCUT2D eigenvalue weighted by molar-refractivity contribution is 0.00588. The largest absolute Gasteiger partial charge is 0.397 e. The van der Waals surface area contributed by atoms with Crippen LogP contribution in [0.1, 0.15) is 10.4 Å². The zero-order valence-corrected chi connectivity index (χ0v) is 8.61. The molecule has 3 N–H and O–H groups in total. The number of hydrogen-bond donors (Lipinski definition) is 2. The number of pyridine rings is 1. The molecule has 80 valence electrons. The van der Waals surface area contributed by atoms with E-state index in [0.717, 1.165) is 0 Å². The average Bonchev–Trinajstić information content (AvgIpc) is 2.16. The van der Waals surface area contributed by atoms with Gasteiger partial charge >= 0.3 is 0 Å². The fourth-order valence-electron chi connectivity index (χ4n) is 1.41. The van der Waals surface area contributed by atoms with Crippen LogP contribution in [0.15, 0.2) is 12.3 Å². The molecule has 0 aromatic carbocycles. The van der Waals surface area contributed by atoms with Gasteiger partial charge in [-0.05, 0) is 6.07 Å².